The number of alkyl halides is 3. The number of unbranched alkanes of at least 4 members (excludes halogenated alkanes) is 1. The first kappa shape index (κ1) is 26.8. The molecule has 8 heteroatoms. The average molecular weight is 500 g/mol. The van der Waals surface area contributed by atoms with E-state index in [1.165, 1.54) is 18.2 Å². The highest BCUT2D eigenvalue weighted by atomic mass is 19.4. The van der Waals surface area contributed by atoms with Crippen LogP contribution in [0, 0.1) is 0 Å². The summed E-state index contributed by atoms with van der Waals surface area (Å²) >= 11 is 0. The Bertz CT molecular complexity index is 1190. The van der Waals surface area contributed by atoms with Crippen LogP contribution in [0.2, 0.25) is 0 Å². The van der Waals surface area contributed by atoms with E-state index in [0.29, 0.717) is 47.0 Å². The Hall–Kier alpha value is -3.81. The number of hydrogen-bond donors (Lipinski definition) is 1. The topological polar surface area (TPSA) is 68.7 Å². The number of aromatic nitrogens is 1. The van der Waals surface area contributed by atoms with Gasteiger partial charge in [-0.1, -0.05) is 37.6 Å². The van der Waals surface area contributed by atoms with Gasteiger partial charge in [-0.3, -0.25) is 0 Å². The molecule has 2 aromatic carbocycles. The van der Waals surface area contributed by atoms with E-state index in [1.807, 2.05) is 13.0 Å². The van der Waals surface area contributed by atoms with Gasteiger partial charge in [0.2, 0.25) is 0 Å². The number of carboxylic acid groups (broad SMARTS) is 1. The van der Waals surface area contributed by atoms with Crippen LogP contribution in [-0.2, 0) is 11.0 Å². The molecule has 36 heavy (non-hydrogen) atoms. The second-order valence-corrected chi connectivity index (χ2v) is 8.08. The lowest BCUT2D eigenvalue weighted by atomic mass is 10.1. The number of benzene rings is 2. The maximum atomic E-state index is 12.9. The van der Waals surface area contributed by atoms with Crippen LogP contribution >= 0.6 is 0 Å². The Labute approximate surface area is 208 Å². The zero-order chi connectivity index (χ0) is 26.1. The summed E-state index contributed by atoms with van der Waals surface area (Å²) in [4.78, 5) is 15.5. The van der Waals surface area contributed by atoms with E-state index < -0.39 is 23.8 Å². The number of rotatable bonds is 11. The minimum atomic E-state index is -4.40. The zero-order valence-electron chi connectivity index (χ0n) is 20.1. The van der Waals surface area contributed by atoms with Crippen molar-refractivity contribution in [3.8, 4) is 22.8 Å². The van der Waals surface area contributed by atoms with Gasteiger partial charge in [-0.15, -0.1) is 0 Å². The van der Waals surface area contributed by atoms with Gasteiger partial charge in [0.25, 0.3) is 0 Å². The van der Waals surface area contributed by atoms with Crippen LogP contribution in [0.15, 0.2) is 66.7 Å². The molecule has 0 aliphatic rings. The molecule has 1 aromatic heterocycles. The Balaban J connectivity index is 1.91. The summed E-state index contributed by atoms with van der Waals surface area (Å²) < 4.78 is 50.9. The largest absolute Gasteiger partial charge is 0.490 e. The molecule has 1 N–H and O–H groups in total. The molecule has 3 aromatic rings. The summed E-state index contributed by atoms with van der Waals surface area (Å²) in [5.41, 5.74) is 1.71. The normalized spacial score (nSPS) is 12.5. The quantitative estimate of drug-likeness (QED) is 0.276. The number of hydrogen-bond acceptors (Lipinski definition) is 4. The van der Waals surface area contributed by atoms with Crippen LogP contribution in [0.5, 0.6) is 11.5 Å². The Morgan fingerprint density at radius 1 is 1.06 bits per heavy atom. The standard InChI is InChI=1S/C28H28F3NO4/c1-3-5-9-24(36-25-16-10-19(11-17-27(33)34)18-26(25)35-4-2)23-8-6-7-22(32-23)20-12-14-21(15-13-20)28(29,30)31/h6-8,10-18,24H,3-5,9H2,1-2H3,(H,33,34)/b17-11+. The minimum Gasteiger partial charge on any atom is -0.490 e. The molecule has 1 heterocycles. The summed E-state index contributed by atoms with van der Waals surface area (Å²) in [7, 11) is 0. The number of carboxylic acids is 1. The lowest BCUT2D eigenvalue weighted by molar-refractivity contribution is -0.137. The molecule has 190 valence electrons. The van der Waals surface area contributed by atoms with Gasteiger partial charge in [0, 0.05) is 11.6 Å². The van der Waals surface area contributed by atoms with E-state index in [1.54, 1.807) is 30.3 Å². The molecule has 0 aliphatic heterocycles. The van der Waals surface area contributed by atoms with E-state index in [2.05, 4.69) is 6.92 Å². The van der Waals surface area contributed by atoms with Crippen molar-refractivity contribution in [3.63, 3.8) is 0 Å². The maximum absolute atomic E-state index is 12.9. The molecule has 0 saturated carbocycles. The fourth-order valence-corrected chi connectivity index (χ4v) is 3.59. The van der Waals surface area contributed by atoms with E-state index >= 15 is 0 Å². The number of pyridine rings is 1. The van der Waals surface area contributed by atoms with Gasteiger partial charge < -0.3 is 14.6 Å². The van der Waals surface area contributed by atoms with E-state index in [-0.39, 0.29) is 0 Å². The number of halogens is 3. The number of nitrogens with zero attached hydrogens (tertiary/aromatic N) is 1. The molecule has 0 spiro atoms. The first-order valence-electron chi connectivity index (χ1n) is 11.7. The molecule has 0 fully saturated rings. The van der Waals surface area contributed by atoms with Gasteiger partial charge in [-0.05, 0) is 67.8 Å². The SMILES string of the molecule is CCCCC(Oc1ccc(/C=C/C(=O)O)cc1OCC)c1cccc(-c2ccc(C(F)(F)F)cc2)n1. The molecule has 1 atom stereocenters. The first-order valence-corrected chi connectivity index (χ1v) is 11.7. The number of carbonyl (C=O) groups is 1. The van der Waals surface area contributed by atoms with Crippen LogP contribution in [0.4, 0.5) is 13.2 Å². The highest BCUT2D eigenvalue weighted by Gasteiger charge is 2.30. The lowest BCUT2D eigenvalue weighted by Crippen LogP contribution is -2.11. The monoisotopic (exact) mass is 499 g/mol. The second-order valence-electron chi connectivity index (χ2n) is 8.08. The number of ether oxygens (including phenoxy) is 2. The maximum Gasteiger partial charge on any atom is 0.416 e. The third-order valence-corrected chi connectivity index (χ3v) is 5.38. The summed E-state index contributed by atoms with van der Waals surface area (Å²) in [5, 5.41) is 8.88. The van der Waals surface area contributed by atoms with Gasteiger partial charge in [0.15, 0.2) is 11.5 Å². The molecule has 0 amide bonds. The van der Waals surface area contributed by atoms with Crippen LogP contribution in [0.25, 0.3) is 17.3 Å². The number of aliphatic carboxylic acids is 1. The summed E-state index contributed by atoms with van der Waals surface area (Å²) in [5.74, 6) is -0.0792. The smallest absolute Gasteiger partial charge is 0.416 e. The van der Waals surface area contributed by atoms with E-state index in [4.69, 9.17) is 19.6 Å². The van der Waals surface area contributed by atoms with Crippen molar-refractivity contribution < 1.29 is 32.5 Å². The molecule has 0 aliphatic carbocycles. The molecular weight excluding hydrogens is 471 g/mol. The molecule has 0 radical (unpaired) electrons. The summed E-state index contributed by atoms with van der Waals surface area (Å²) in [6.45, 7) is 4.30. The van der Waals surface area contributed by atoms with Crippen molar-refractivity contribution >= 4 is 12.0 Å². The Morgan fingerprint density at radius 2 is 1.81 bits per heavy atom. The van der Waals surface area contributed by atoms with E-state index in [9.17, 15) is 18.0 Å². The fraction of sp³-hybridized carbons (Fsp3) is 0.286. The molecule has 0 bridgehead atoms. The van der Waals surface area contributed by atoms with Gasteiger partial charge in [0.1, 0.15) is 6.10 Å². The molecule has 5 nitrogen and oxygen atoms in total. The van der Waals surface area contributed by atoms with Gasteiger partial charge in [-0.25, -0.2) is 9.78 Å². The van der Waals surface area contributed by atoms with Crippen molar-refractivity contribution in [2.45, 2.75) is 45.4 Å². The van der Waals surface area contributed by atoms with Crippen LogP contribution in [0.1, 0.15) is 56.0 Å². The molecular formula is C28H28F3NO4. The third-order valence-electron chi connectivity index (χ3n) is 5.38. The summed E-state index contributed by atoms with van der Waals surface area (Å²) in [6, 6.07) is 15.5. The van der Waals surface area contributed by atoms with Crippen LogP contribution in [-0.4, -0.2) is 22.7 Å². The molecule has 3 rings (SSSR count). The zero-order valence-corrected chi connectivity index (χ0v) is 20.1. The minimum absolute atomic E-state index is 0.393. The van der Waals surface area contributed by atoms with Crippen molar-refractivity contribution in [2.24, 2.45) is 0 Å². The fourth-order valence-electron chi connectivity index (χ4n) is 3.59. The van der Waals surface area contributed by atoms with E-state index in [0.717, 1.165) is 31.1 Å². The summed E-state index contributed by atoms with van der Waals surface area (Å²) in [6.07, 6.45) is 0.190. The first-order chi connectivity index (χ1) is 17.2. The average Bonchev–Trinajstić information content (AvgIpc) is 2.86. The predicted molar refractivity (Wildman–Crippen MR) is 132 cm³/mol. The van der Waals surface area contributed by atoms with Crippen molar-refractivity contribution in [3.05, 3.63) is 83.6 Å². The predicted octanol–water partition coefficient (Wildman–Crippen LogP) is 7.57. The molecule has 0 saturated heterocycles. The van der Waals surface area contributed by atoms with Crippen molar-refractivity contribution in [1.29, 1.82) is 0 Å². The highest BCUT2D eigenvalue weighted by Crippen LogP contribution is 2.35. The van der Waals surface area contributed by atoms with Crippen LogP contribution < -0.4 is 9.47 Å². The Morgan fingerprint density at radius 3 is 2.44 bits per heavy atom. The lowest BCUT2D eigenvalue weighted by Gasteiger charge is -2.21. The third kappa shape index (κ3) is 7.34. The van der Waals surface area contributed by atoms with Gasteiger partial charge >= 0.3 is 12.1 Å². The Kier molecular flexibility index (Phi) is 9.11. The van der Waals surface area contributed by atoms with Crippen LogP contribution in [0.3, 0.4) is 0 Å². The molecule has 1 unspecified atom stereocenters. The van der Waals surface area contributed by atoms with Gasteiger partial charge in [0.05, 0.1) is 23.6 Å². The highest BCUT2D eigenvalue weighted by molar-refractivity contribution is 5.85. The van der Waals surface area contributed by atoms with Crippen molar-refractivity contribution in [2.75, 3.05) is 6.61 Å². The van der Waals surface area contributed by atoms with Gasteiger partial charge in [-0.2, -0.15) is 13.2 Å². The second kappa shape index (κ2) is 12.2. The van der Waals surface area contributed by atoms with Crippen molar-refractivity contribution in [1.82, 2.24) is 4.98 Å².